The summed E-state index contributed by atoms with van der Waals surface area (Å²) in [4.78, 5) is 9.18. The van der Waals surface area contributed by atoms with Crippen molar-refractivity contribution < 1.29 is 0 Å². The van der Waals surface area contributed by atoms with Crippen molar-refractivity contribution in [1.82, 2.24) is 9.97 Å². The van der Waals surface area contributed by atoms with Crippen molar-refractivity contribution in [1.29, 1.82) is 0 Å². The van der Waals surface area contributed by atoms with E-state index in [1.54, 1.807) is 24.3 Å². The van der Waals surface area contributed by atoms with Crippen molar-refractivity contribution in [2.24, 2.45) is 0 Å². The van der Waals surface area contributed by atoms with Crippen molar-refractivity contribution in [2.75, 3.05) is 0 Å². The van der Waals surface area contributed by atoms with Crippen LogP contribution in [0.15, 0.2) is 57.3 Å². The van der Waals surface area contributed by atoms with Crippen molar-refractivity contribution in [3.8, 4) is 0 Å². The predicted octanol–water partition coefficient (Wildman–Crippen LogP) is 3.39. The van der Waals surface area contributed by atoms with Gasteiger partial charge in [0, 0.05) is 15.6 Å². The fourth-order valence-corrected chi connectivity index (χ4v) is 2.34. The van der Waals surface area contributed by atoms with Gasteiger partial charge >= 0.3 is 0 Å². The highest BCUT2D eigenvalue weighted by Gasteiger charge is 1.97. The van der Waals surface area contributed by atoms with E-state index >= 15 is 0 Å². The van der Waals surface area contributed by atoms with Crippen LogP contribution >= 0.6 is 27.7 Å². The quantitative estimate of drug-likeness (QED) is 0.780. The van der Waals surface area contributed by atoms with Crippen LogP contribution in [-0.4, -0.2) is 9.97 Å². The molecule has 2 rings (SSSR count). The molecule has 0 aliphatic heterocycles. The summed E-state index contributed by atoms with van der Waals surface area (Å²) in [6.45, 7) is 0. The molecule has 14 heavy (non-hydrogen) atoms. The molecule has 0 fully saturated rings. The third kappa shape index (κ3) is 2.56. The molecule has 0 bridgehead atoms. The van der Waals surface area contributed by atoms with Gasteiger partial charge in [-0.1, -0.05) is 33.8 Å². The molecule has 0 N–H and O–H groups in total. The Morgan fingerprint density at radius 3 is 2.86 bits per heavy atom. The van der Waals surface area contributed by atoms with E-state index in [9.17, 15) is 0 Å². The fourth-order valence-electron chi connectivity index (χ4n) is 0.990. The largest absolute Gasteiger partial charge is 0.245 e. The molecule has 1 aromatic heterocycles. The number of rotatable bonds is 2. The Bertz CT molecular complexity index is 419. The number of nitrogens with zero attached hydrogens (tertiary/aromatic N) is 2. The first-order chi connectivity index (χ1) is 6.84. The Morgan fingerprint density at radius 2 is 2.14 bits per heavy atom. The third-order valence-electron chi connectivity index (χ3n) is 1.57. The third-order valence-corrected chi connectivity index (χ3v) is 3.01. The number of hydrogen-bond acceptors (Lipinski definition) is 3. The highest BCUT2D eigenvalue weighted by molar-refractivity contribution is 9.10. The molecule has 0 aliphatic carbocycles. The first kappa shape index (κ1) is 9.68. The van der Waals surface area contributed by atoms with Crippen molar-refractivity contribution in [3.05, 3.63) is 47.3 Å². The van der Waals surface area contributed by atoms with Crippen LogP contribution in [0.4, 0.5) is 0 Å². The highest BCUT2D eigenvalue weighted by atomic mass is 79.9. The van der Waals surface area contributed by atoms with Crippen LogP contribution in [0.2, 0.25) is 0 Å². The van der Waals surface area contributed by atoms with Gasteiger partial charge in [0.2, 0.25) is 0 Å². The van der Waals surface area contributed by atoms with Gasteiger partial charge in [0.05, 0.1) is 0 Å². The van der Waals surface area contributed by atoms with Crippen LogP contribution in [0, 0.1) is 0 Å². The Morgan fingerprint density at radius 1 is 1.21 bits per heavy atom. The molecule has 0 amide bonds. The molecule has 2 nitrogen and oxygen atoms in total. The van der Waals surface area contributed by atoms with Crippen molar-refractivity contribution in [3.63, 3.8) is 0 Å². The molecule has 0 spiro atoms. The predicted molar refractivity (Wildman–Crippen MR) is 60.3 cm³/mol. The number of halogens is 1. The summed E-state index contributed by atoms with van der Waals surface area (Å²) < 4.78 is 1.08. The lowest BCUT2D eigenvalue weighted by atomic mass is 10.4. The van der Waals surface area contributed by atoms with Gasteiger partial charge in [0.25, 0.3) is 0 Å². The summed E-state index contributed by atoms with van der Waals surface area (Å²) in [5.41, 5.74) is 0. The average Bonchev–Trinajstić information content (AvgIpc) is 2.19. The van der Waals surface area contributed by atoms with Crippen molar-refractivity contribution in [2.45, 2.75) is 9.92 Å². The Hall–Kier alpha value is -0.870. The van der Waals surface area contributed by atoms with E-state index in [2.05, 4.69) is 38.0 Å². The first-order valence-corrected chi connectivity index (χ1v) is 5.65. The second-order valence-corrected chi connectivity index (χ2v) is 4.62. The topological polar surface area (TPSA) is 25.8 Å². The van der Waals surface area contributed by atoms with Crippen LogP contribution in [0.5, 0.6) is 0 Å². The highest BCUT2D eigenvalue weighted by Crippen LogP contribution is 2.27. The van der Waals surface area contributed by atoms with E-state index in [4.69, 9.17) is 0 Å². The number of benzene rings is 1. The molecular formula is C10H7BrN2S. The van der Waals surface area contributed by atoms with Gasteiger partial charge in [-0.25, -0.2) is 9.97 Å². The minimum Gasteiger partial charge on any atom is -0.245 e. The molecule has 0 unspecified atom stereocenters. The maximum Gasteiger partial charge on any atom is 0.116 e. The molecule has 0 atom stereocenters. The Kier molecular flexibility index (Phi) is 3.16. The standard InChI is InChI=1S/C10H7BrN2S/c11-8-2-1-3-9(6-8)14-10-4-5-12-7-13-10/h1-7H. The summed E-state index contributed by atoms with van der Waals surface area (Å²) in [6.07, 6.45) is 3.30. The minimum atomic E-state index is 0.957. The van der Waals surface area contributed by atoms with Crippen LogP contribution in [0.3, 0.4) is 0 Å². The summed E-state index contributed by atoms with van der Waals surface area (Å²) in [5.74, 6) is 0. The van der Waals surface area contributed by atoms with Crippen LogP contribution in [-0.2, 0) is 0 Å². The van der Waals surface area contributed by atoms with Crippen LogP contribution < -0.4 is 0 Å². The van der Waals surface area contributed by atoms with E-state index in [1.165, 1.54) is 0 Å². The van der Waals surface area contributed by atoms with Gasteiger partial charge in [-0.3, -0.25) is 0 Å². The second-order valence-electron chi connectivity index (χ2n) is 2.61. The fraction of sp³-hybridized carbons (Fsp3) is 0. The summed E-state index contributed by atoms with van der Waals surface area (Å²) >= 11 is 5.05. The first-order valence-electron chi connectivity index (χ1n) is 4.04. The second kappa shape index (κ2) is 4.57. The zero-order chi connectivity index (χ0) is 9.80. The summed E-state index contributed by atoms with van der Waals surface area (Å²) in [6, 6.07) is 10.0. The van der Waals surface area contributed by atoms with Crippen LogP contribution in [0.1, 0.15) is 0 Å². The minimum absolute atomic E-state index is 0.957. The van der Waals surface area contributed by atoms with E-state index in [1.807, 2.05) is 18.2 Å². The molecule has 0 saturated carbocycles. The molecule has 4 heteroatoms. The van der Waals surface area contributed by atoms with Gasteiger partial charge < -0.3 is 0 Å². The maximum atomic E-state index is 4.14. The maximum absolute atomic E-state index is 4.14. The van der Waals surface area contributed by atoms with E-state index in [-0.39, 0.29) is 0 Å². The SMILES string of the molecule is Brc1cccc(Sc2ccncn2)c1. The molecule has 0 saturated heterocycles. The van der Waals surface area contributed by atoms with Crippen molar-refractivity contribution >= 4 is 27.7 Å². The molecule has 1 aromatic carbocycles. The average molecular weight is 267 g/mol. The Labute approximate surface area is 94.9 Å². The molecule has 70 valence electrons. The normalized spacial score (nSPS) is 10.1. The molecule has 1 heterocycles. The van der Waals surface area contributed by atoms with E-state index in [0.717, 1.165) is 14.4 Å². The van der Waals surface area contributed by atoms with Gasteiger partial charge in [-0.2, -0.15) is 0 Å². The van der Waals surface area contributed by atoms with Gasteiger partial charge in [0.15, 0.2) is 0 Å². The number of hydrogen-bond donors (Lipinski definition) is 0. The molecule has 0 aliphatic rings. The molecule has 0 radical (unpaired) electrons. The smallest absolute Gasteiger partial charge is 0.116 e. The van der Waals surface area contributed by atoms with Gasteiger partial charge in [-0.15, -0.1) is 0 Å². The lowest BCUT2D eigenvalue weighted by molar-refractivity contribution is 1.05. The zero-order valence-corrected chi connectivity index (χ0v) is 9.62. The van der Waals surface area contributed by atoms with Gasteiger partial charge in [-0.05, 0) is 24.3 Å². The van der Waals surface area contributed by atoms with Crippen LogP contribution in [0.25, 0.3) is 0 Å². The Balaban J connectivity index is 2.19. The number of aromatic nitrogens is 2. The monoisotopic (exact) mass is 266 g/mol. The molecule has 2 aromatic rings. The summed E-state index contributed by atoms with van der Waals surface area (Å²) in [5, 5.41) is 0.957. The summed E-state index contributed by atoms with van der Waals surface area (Å²) in [7, 11) is 0. The van der Waals surface area contributed by atoms with Gasteiger partial charge in [0.1, 0.15) is 11.4 Å². The lowest BCUT2D eigenvalue weighted by Crippen LogP contribution is -1.79. The zero-order valence-electron chi connectivity index (χ0n) is 7.22. The lowest BCUT2D eigenvalue weighted by Gasteiger charge is -1.99. The molecular weight excluding hydrogens is 260 g/mol. The van der Waals surface area contributed by atoms with E-state index in [0.29, 0.717) is 0 Å². The van der Waals surface area contributed by atoms with E-state index < -0.39 is 0 Å².